The third kappa shape index (κ3) is 4.42. The highest BCUT2D eigenvalue weighted by Crippen LogP contribution is 2.25. The van der Waals surface area contributed by atoms with E-state index in [0.717, 1.165) is 0 Å². The minimum Gasteiger partial charge on any atom is -0.496 e. The summed E-state index contributed by atoms with van der Waals surface area (Å²) in [4.78, 5) is 22.0. The molecule has 6 nitrogen and oxygen atoms in total. The number of carboxylic acid groups (broad SMARTS) is 1. The Kier molecular flexibility index (Phi) is 5.59. The summed E-state index contributed by atoms with van der Waals surface area (Å²) >= 11 is 6.00. The summed E-state index contributed by atoms with van der Waals surface area (Å²) in [5.41, 5.74) is 6.05. The molecule has 0 saturated carbocycles. The van der Waals surface area contributed by atoms with Crippen molar-refractivity contribution in [1.29, 1.82) is 0 Å². The molecule has 1 aromatic rings. The summed E-state index contributed by atoms with van der Waals surface area (Å²) in [7, 11) is 1.49. The van der Waals surface area contributed by atoms with Crippen molar-refractivity contribution in [3.8, 4) is 5.75 Å². The van der Waals surface area contributed by atoms with E-state index >= 15 is 0 Å². The van der Waals surface area contributed by atoms with Crippen LogP contribution in [0, 0.1) is 0 Å². The van der Waals surface area contributed by atoms with Crippen molar-refractivity contribution in [2.45, 2.75) is 19.0 Å². The summed E-state index contributed by atoms with van der Waals surface area (Å²) in [6.07, 6.45) is -0.425. The third-order valence-electron chi connectivity index (χ3n) is 2.47. The first kappa shape index (κ1) is 15.3. The normalized spacial score (nSPS) is 11.7. The van der Waals surface area contributed by atoms with Gasteiger partial charge in [0.2, 0.25) is 5.91 Å². The number of carbonyl (C=O) groups excluding carboxylic acids is 1. The number of ether oxygens (including phenoxy) is 1. The summed E-state index contributed by atoms with van der Waals surface area (Å²) in [6.45, 7) is 0.120. The Bertz CT molecular complexity index is 479. The molecule has 0 aliphatic rings. The van der Waals surface area contributed by atoms with Gasteiger partial charge in [-0.3, -0.25) is 9.59 Å². The minimum atomic E-state index is -1.13. The maximum atomic E-state index is 11.6. The Morgan fingerprint density at radius 1 is 1.53 bits per heavy atom. The number of aliphatic carboxylic acids is 1. The number of benzene rings is 1. The summed E-state index contributed by atoms with van der Waals surface area (Å²) in [6, 6.07) is 4.02. The van der Waals surface area contributed by atoms with Gasteiger partial charge in [0.25, 0.3) is 0 Å². The van der Waals surface area contributed by atoms with Crippen molar-refractivity contribution in [2.75, 3.05) is 7.11 Å². The van der Waals surface area contributed by atoms with E-state index in [1.165, 1.54) is 7.11 Å². The van der Waals surface area contributed by atoms with Crippen molar-refractivity contribution in [3.05, 3.63) is 28.8 Å². The molecule has 1 amide bonds. The second-order valence-corrected chi connectivity index (χ2v) is 4.25. The van der Waals surface area contributed by atoms with E-state index in [2.05, 4.69) is 5.32 Å². The molecular formula is C12H15ClN2O4. The Morgan fingerprint density at radius 3 is 2.79 bits per heavy atom. The van der Waals surface area contributed by atoms with Crippen LogP contribution in [0.4, 0.5) is 0 Å². The van der Waals surface area contributed by atoms with Crippen LogP contribution in [0.5, 0.6) is 5.75 Å². The standard InChI is InChI=1S/C12H15ClN2O4/c1-19-10-4-2-3-8(13)7(10)6-15-12(18)9(14)5-11(16)17/h2-4,9H,5-6,14H2,1H3,(H,15,18)(H,16,17). The molecule has 0 aromatic heterocycles. The molecule has 0 spiro atoms. The SMILES string of the molecule is COc1cccc(Cl)c1CNC(=O)C(N)CC(=O)O. The van der Waals surface area contributed by atoms with Crippen molar-refractivity contribution in [3.63, 3.8) is 0 Å². The van der Waals surface area contributed by atoms with Crippen LogP contribution in [-0.2, 0) is 16.1 Å². The topological polar surface area (TPSA) is 102 Å². The van der Waals surface area contributed by atoms with Gasteiger partial charge in [0.15, 0.2) is 0 Å². The molecule has 1 rings (SSSR count). The summed E-state index contributed by atoms with van der Waals surface area (Å²) in [5, 5.41) is 11.5. The minimum absolute atomic E-state index is 0.120. The molecule has 0 aliphatic heterocycles. The number of nitrogens with two attached hydrogens (primary N) is 1. The van der Waals surface area contributed by atoms with E-state index in [4.69, 9.17) is 27.2 Å². The fourth-order valence-electron chi connectivity index (χ4n) is 1.49. The van der Waals surface area contributed by atoms with Gasteiger partial charge in [-0.15, -0.1) is 0 Å². The van der Waals surface area contributed by atoms with Crippen molar-refractivity contribution >= 4 is 23.5 Å². The van der Waals surface area contributed by atoms with Crippen LogP contribution < -0.4 is 15.8 Å². The average Bonchev–Trinajstić information content (AvgIpc) is 2.35. The third-order valence-corrected chi connectivity index (χ3v) is 2.82. The second-order valence-electron chi connectivity index (χ2n) is 3.84. The van der Waals surface area contributed by atoms with E-state index in [1.54, 1.807) is 18.2 Å². The van der Waals surface area contributed by atoms with E-state index in [0.29, 0.717) is 16.3 Å². The number of rotatable bonds is 6. The molecule has 1 unspecified atom stereocenters. The molecule has 19 heavy (non-hydrogen) atoms. The van der Waals surface area contributed by atoms with Crippen LogP contribution in [-0.4, -0.2) is 30.1 Å². The lowest BCUT2D eigenvalue weighted by Gasteiger charge is -2.13. The van der Waals surface area contributed by atoms with Gasteiger partial charge in [-0.1, -0.05) is 17.7 Å². The van der Waals surface area contributed by atoms with Gasteiger partial charge in [-0.2, -0.15) is 0 Å². The maximum absolute atomic E-state index is 11.6. The lowest BCUT2D eigenvalue weighted by atomic mass is 10.1. The smallest absolute Gasteiger partial charge is 0.305 e. The molecule has 0 heterocycles. The quantitative estimate of drug-likeness (QED) is 0.717. The number of hydrogen-bond acceptors (Lipinski definition) is 4. The molecule has 0 bridgehead atoms. The highest BCUT2D eigenvalue weighted by molar-refractivity contribution is 6.31. The molecule has 1 atom stereocenters. The van der Waals surface area contributed by atoms with E-state index in [1.807, 2.05) is 0 Å². The number of methoxy groups -OCH3 is 1. The summed E-state index contributed by atoms with van der Waals surface area (Å²) in [5.74, 6) is -1.14. The number of amides is 1. The highest BCUT2D eigenvalue weighted by atomic mass is 35.5. The molecule has 0 aliphatic carbocycles. The van der Waals surface area contributed by atoms with E-state index < -0.39 is 24.3 Å². The zero-order valence-corrected chi connectivity index (χ0v) is 11.1. The Hall–Kier alpha value is -1.79. The zero-order chi connectivity index (χ0) is 14.4. The van der Waals surface area contributed by atoms with Crippen LogP contribution in [0.15, 0.2) is 18.2 Å². The molecule has 1 aromatic carbocycles. The lowest BCUT2D eigenvalue weighted by molar-refractivity contribution is -0.139. The van der Waals surface area contributed by atoms with Crippen molar-refractivity contribution in [1.82, 2.24) is 5.32 Å². The van der Waals surface area contributed by atoms with Crippen molar-refractivity contribution in [2.24, 2.45) is 5.73 Å². The van der Waals surface area contributed by atoms with Gasteiger partial charge in [0.05, 0.1) is 19.6 Å². The molecule has 104 valence electrons. The van der Waals surface area contributed by atoms with Crippen LogP contribution in [0.2, 0.25) is 5.02 Å². The first-order chi connectivity index (χ1) is 8.95. The average molecular weight is 287 g/mol. The van der Waals surface area contributed by atoms with Crippen LogP contribution in [0.25, 0.3) is 0 Å². The van der Waals surface area contributed by atoms with E-state index in [9.17, 15) is 9.59 Å². The predicted molar refractivity (Wildman–Crippen MR) is 70.1 cm³/mol. The van der Waals surface area contributed by atoms with E-state index in [-0.39, 0.29) is 6.54 Å². The largest absolute Gasteiger partial charge is 0.496 e. The molecule has 7 heteroatoms. The number of hydrogen-bond donors (Lipinski definition) is 3. The molecule has 0 saturated heterocycles. The first-order valence-corrected chi connectivity index (χ1v) is 5.90. The van der Waals surface area contributed by atoms with Gasteiger partial charge < -0.3 is 20.9 Å². The Balaban J connectivity index is 2.67. The maximum Gasteiger partial charge on any atom is 0.305 e. The fraction of sp³-hybridized carbons (Fsp3) is 0.333. The van der Waals surface area contributed by atoms with Gasteiger partial charge in [-0.05, 0) is 12.1 Å². The van der Waals surface area contributed by atoms with Crippen LogP contribution >= 0.6 is 11.6 Å². The molecule has 4 N–H and O–H groups in total. The highest BCUT2D eigenvalue weighted by Gasteiger charge is 2.17. The Morgan fingerprint density at radius 2 is 2.21 bits per heavy atom. The van der Waals surface area contributed by atoms with Gasteiger partial charge in [0, 0.05) is 17.1 Å². The predicted octanol–water partition coefficient (Wildman–Crippen LogP) is 0.767. The second kappa shape index (κ2) is 6.96. The zero-order valence-electron chi connectivity index (χ0n) is 10.4. The van der Waals surface area contributed by atoms with Crippen LogP contribution in [0.1, 0.15) is 12.0 Å². The first-order valence-electron chi connectivity index (χ1n) is 5.52. The number of carbonyl (C=O) groups is 2. The molecule has 0 radical (unpaired) electrons. The number of halogens is 1. The Labute approximate surface area is 115 Å². The molecule has 0 fully saturated rings. The van der Waals surface area contributed by atoms with Gasteiger partial charge in [0.1, 0.15) is 5.75 Å². The van der Waals surface area contributed by atoms with Gasteiger partial charge >= 0.3 is 5.97 Å². The number of carboxylic acids is 1. The molecular weight excluding hydrogens is 272 g/mol. The van der Waals surface area contributed by atoms with Crippen LogP contribution in [0.3, 0.4) is 0 Å². The number of nitrogens with one attached hydrogen (secondary N) is 1. The monoisotopic (exact) mass is 286 g/mol. The summed E-state index contributed by atoms with van der Waals surface area (Å²) < 4.78 is 5.12. The fourth-order valence-corrected chi connectivity index (χ4v) is 1.72. The van der Waals surface area contributed by atoms with Gasteiger partial charge in [-0.25, -0.2) is 0 Å². The lowest BCUT2D eigenvalue weighted by Crippen LogP contribution is -2.41. The van der Waals surface area contributed by atoms with Crippen molar-refractivity contribution < 1.29 is 19.4 Å².